The largest absolute Gasteiger partial charge is 0.334 e. The first-order valence-electron chi connectivity index (χ1n) is 12.4. The molecule has 1 aliphatic heterocycles. The van der Waals surface area contributed by atoms with Gasteiger partial charge in [-0.15, -0.1) is 0 Å². The van der Waals surface area contributed by atoms with E-state index in [1.165, 1.54) is 24.3 Å². The van der Waals surface area contributed by atoms with Crippen LogP contribution in [0.5, 0.6) is 0 Å². The summed E-state index contributed by atoms with van der Waals surface area (Å²) in [5.41, 5.74) is 2.99. The number of nitrogens with zero attached hydrogens (tertiary/aromatic N) is 4. The van der Waals surface area contributed by atoms with Crippen LogP contribution in [0.4, 0.5) is 4.39 Å². The Bertz CT molecular complexity index is 1100. The number of allylic oxidation sites excluding steroid dienone is 1. The van der Waals surface area contributed by atoms with Crippen molar-refractivity contribution in [3.8, 4) is 0 Å². The molecule has 1 aromatic heterocycles. The van der Waals surface area contributed by atoms with Gasteiger partial charge in [0.05, 0.1) is 12.0 Å². The van der Waals surface area contributed by atoms with Crippen molar-refractivity contribution in [2.24, 2.45) is 0 Å². The average Bonchev–Trinajstić information content (AvgIpc) is 3.22. The highest BCUT2D eigenvalue weighted by molar-refractivity contribution is 6.00. The highest BCUT2D eigenvalue weighted by Crippen LogP contribution is 2.21. The highest BCUT2D eigenvalue weighted by atomic mass is 19.1. The van der Waals surface area contributed by atoms with Gasteiger partial charge in [0.2, 0.25) is 6.41 Å². The van der Waals surface area contributed by atoms with Crippen LogP contribution in [0.1, 0.15) is 50.1 Å². The standard InChI is InChI=1S/C27H37FN6O2/c1-20(2)26-24(29-18-34(26)10-6-9-33-13-11-32(4)12-14-33)15-21(3)31-27(36)25(30-19-35)17-22-7-5-8-23(28)16-22/h5,7-8,15-20H,6,9-14H2,1-4H3,(H,30,35)(H,31,36)/b21-15-,25-17-. The van der Waals surface area contributed by atoms with Crippen LogP contribution in [-0.2, 0) is 16.1 Å². The second-order valence-corrected chi connectivity index (χ2v) is 9.52. The number of aryl methyl sites for hydroxylation is 1. The number of carbonyl (C=O) groups is 2. The lowest BCUT2D eigenvalue weighted by atomic mass is 10.1. The molecule has 0 saturated carbocycles. The Hall–Kier alpha value is -3.30. The fourth-order valence-electron chi connectivity index (χ4n) is 4.35. The molecular weight excluding hydrogens is 459 g/mol. The molecule has 1 saturated heterocycles. The Balaban J connectivity index is 1.67. The summed E-state index contributed by atoms with van der Waals surface area (Å²) in [7, 11) is 2.16. The molecule has 1 aliphatic rings. The summed E-state index contributed by atoms with van der Waals surface area (Å²) < 4.78 is 15.7. The SMILES string of the molecule is C/C(=C/c1ncn(CCCN2CCN(C)CC2)c1C(C)C)NC(=O)/C(=C/c1cccc(F)c1)NC=O. The Morgan fingerprint density at radius 1 is 1.17 bits per heavy atom. The molecule has 2 aromatic rings. The molecule has 1 aromatic carbocycles. The normalized spacial score (nSPS) is 15.8. The topological polar surface area (TPSA) is 82.5 Å². The molecule has 1 fully saturated rings. The molecular formula is C27H37FN6O2. The Labute approximate surface area is 212 Å². The van der Waals surface area contributed by atoms with Crippen LogP contribution in [0, 0.1) is 5.82 Å². The van der Waals surface area contributed by atoms with Gasteiger partial charge >= 0.3 is 0 Å². The van der Waals surface area contributed by atoms with Gasteiger partial charge in [-0.25, -0.2) is 9.37 Å². The Morgan fingerprint density at radius 2 is 1.92 bits per heavy atom. The van der Waals surface area contributed by atoms with Crippen molar-refractivity contribution in [1.82, 2.24) is 30.0 Å². The van der Waals surface area contributed by atoms with E-state index in [4.69, 9.17) is 0 Å². The third kappa shape index (κ3) is 7.86. The van der Waals surface area contributed by atoms with Gasteiger partial charge in [0, 0.05) is 44.1 Å². The van der Waals surface area contributed by atoms with Crippen LogP contribution in [0.2, 0.25) is 0 Å². The molecule has 0 aliphatic carbocycles. The van der Waals surface area contributed by atoms with Gasteiger partial charge in [0.25, 0.3) is 5.91 Å². The third-order valence-electron chi connectivity index (χ3n) is 6.21. The first-order chi connectivity index (χ1) is 17.3. The van der Waals surface area contributed by atoms with E-state index < -0.39 is 11.7 Å². The van der Waals surface area contributed by atoms with E-state index in [2.05, 4.69) is 50.9 Å². The number of carbonyl (C=O) groups excluding carboxylic acids is 2. The molecule has 2 N–H and O–H groups in total. The number of amides is 2. The number of likely N-dealkylation sites (N-methyl/N-ethyl adjacent to an activating group) is 1. The Morgan fingerprint density at radius 3 is 2.58 bits per heavy atom. The zero-order chi connectivity index (χ0) is 26.1. The molecule has 2 heterocycles. The molecule has 3 rings (SSSR count). The third-order valence-corrected chi connectivity index (χ3v) is 6.21. The molecule has 0 unspecified atom stereocenters. The van der Waals surface area contributed by atoms with Gasteiger partial charge in [0.15, 0.2) is 0 Å². The summed E-state index contributed by atoms with van der Waals surface area (Å²) in [5, 5.41) is 5.19. The number of imidazole rings is 1. The summed E-state index contributed by atoms with van der Waals surface area (Å²) in [6.07, 6.45) is 6.60. The van der Waals surface area contributed by atoms with Crippen LogP contribution in [0.3, 0.4) is 0 Å². The van der Waals surface area contributed by atoms with Gasteiger partial charge in [-0.2, -0.15) is 0 Å². The Kier molecular flexibility index (Phi) is 9.95. The van der Waals surface area contributed by atoms with Gasteiger partial charge < -0.3 is 25.0 Å². The van der Waals surface area contributed by atoms with Gasteiger partial charge in [-0.05, 0) is 62.7 Å². The van der Waals surface area contributed by atoms with Crippen LogP contribution >= 0.6 is 0 Å². The van der Waals surface area contributed by atoms with E-state index in [1.54, 1.807) is 13.0 Å². The fourth-order valence-corrected chi connectivity index (χ4v) is 4.35. The lowest BCUT2D eigenvalue weighted by Crippen LogP contribution is -2.44. The van der Waals surface area contributed by atoms with E-state index >= 15 is 0 Å². The molecule has 9 heteroatoms. The number of rotatable bonds is 11. The van der Waals surface area contributed by atoms with Crippen molar-refractivity contribution in [2.75, 3.05) is 39.8 Å². The molecule has 0 radical (unpaired) electrons. The zero-order valence-electron chi connectivity index (χ0n) is 21.6. The molecule has 8 nitrogen and oxygen atoms in total. The number of benzene rings is 1. The second-order valence-electron chi connectivity index (χ2n) is 9.52. The summed E-state index contributed by atoms with van der Waals surface area (Å²) in [6.45, 7) is 12.4. The lowest BCUT2D eigenvalue weighted by molar-refractivity contribution is -0.118. The summed E-state index contributed by atoms with van der Waals surface area (Å²) >= 11 is 0. The van der Waals surface area contributed by atoms with E-state index in [-0.39, 0.29) is 11.6 Å². The maximum Gasteiger partial charge on any atom is 0.271 e. The highest BCUT2D eigenvalue weighted by Gasteiger charge is 2.16. The first-order valence-corrected chi connectivity index (χ1v) is 12.4. The number of nitrogens with one attached hydrogen (secondary N) is 2. The zero-order valence-corrected chi connectivity index (χ0v) is 21.6. The quantitative estimate of drug-likeness (QED) is 0.369. The molecule has 2 amide bonds. The van der Waals surface area contributed by atoms with Crippen molar-refractivity contribution in [1.29, 1.82) is 0 Å². The maximum absolute atomic E-state index is 13.5. The maximum atomic E-state index is 13.5. The average molecular weight is 497 g/mol. The van der Waals surface area contributed by atoms with Crippen molar-refractivity contribution < 1.29 is 14.0 Å². The second kappa shape index (κ2) is 13.1. The lowest BCUT2D eigenvalue weighted by Gasteiger charge is -2.32. The molecule has 194 valence electrons. The van der Waals surface area contributed by atoms with Crippen molar-refractivity contribution >= 4 is 24.5 Å². The summed E-state index contributed by atoms with van der Waals surface area (Å²) in [4.78, 5) is 33.3. The minimum atomic E-state index is -0.502. The number of halogens is 1. The van der Waals surface area contributed by atoms with Crippen LogP contribution in [0.25, 0.3) is 12.2 Å². The molecule has 0 spiro atoms. The number of aromatic nitrogens is 2. The summed E-state index contributed by atoms with van der Waals surface area (Å²) in [5.74, 6) is -0.671. The van der Waals surface area contributed by atoms with E-state index in [9.17, 15) is 14.0 Å². The monoisotopic (exact) mass is 496 g/mol. The van der Waals surface area contributed by atoms with Crippen molar-refractivity contribution in [3.63, 3.8) is 0 Å². The number of hydrogen-bond donors (Lipinski definition) is 2. The molecule has 0 atom stereocenters. The van der Waals surface area contributed by atoms with Gasteiger partial charge in [-0.3, -0.25) is 9.59 Å². The van der Waals surface area contributed by atoms with Crippen molar-refractivity contribution in [3.05, 3.63) is 64.8 Å². The summed E-state index contributed by atoms with van der Waals surface area (Å²) in [6, 6.07) is 5.79. The van der Waals surface area contributed by atoms with Crippen LogP contribution in [-0.4, -0.2) is 71.4 Å². The smallest absolute Gasteiger partial charge is 0.271 e. The van der Waals surface area contributed by atoms with E-state index in [0.717, 1.165) is 57.1 Å². The number of piperazine rings is 1. The van der Waals surface area contributed by atoms with Gasteiger partial charge in [-0.1, -0.05) is 26.0 Å². The van der Waals surface area contributed by atoms with Crippen LogP contribution < -0.4 is 10.6 Å². The van der Waals surface area contributed by atoms with E-state index in [0.29, 0.717) is 17.7 Å². The molecule has 36 heavy (non-hydrogen) atoms. The first kappa shape index (κ1) is 27.3. The van der Waals surface area contributed by atoms with Crippen LogP contribution in [0.15, 0.2) is 42.0 Å². The predicted molar refractivity (Wildman–Crippen MR) is 140 cm³/mol. The minimum absolute atomic E-state index is 0.0156. The minimum Gasteiger partial charge on any atom is -0.334 e. The number of hydrogen-bond acceptors (Lipinski definition) is 5. The predicted octanol–water partition coefficient (Wildman–Crippen LogP) is 3.05. The fraction of sp³-hybridized carbons (Fsp3) is 0.444. The molecule has 0 bridgehead atoms. The van der Waals surface area contributed by atoms with Gasteiger partial charge in [0.1, 0.15) is 11.5 Å². The van der Waals surface area contributed by atoms with E-state index in [1.807, 2.05) is 12.4 Å². The van der Waals surface area contributed by atoms with Crippen molar-refractivity contribution in [2.45, 2.75) is 39.7 Å².